The van der Waals surface area contributed by atoms with Gasteiger partial charge in [0.2, 0.25) is 0 Å². The van der Waals surface area contributed by atoms with Gasteiger partial charge in [0.25, 0.3) is 5.91 Å². The Morgan fingerprint density at radius 2 is 2.20 bits per heavy atom. The van der Waals surface area contributed by atoms with Gasteiger partial charge in [0.1, 0.15) is 0 Å². The molecule has 0 aromatic heterocycles. The standard InChI is InChI=1S/C11H17N3O/c1-8(7-12)14(2)11(15)9-4-3-5-10(13)6-9/h3-6,8H,7,12-13H2,1-2H3. The summed E-state index contributed by atoms with van der Waals surface area (Å²) in [5.41, 5.74) is 12.3. The molecule has 0 aliphatic heterocycles. The third kappa shape index (κ3) is 2.70. The van der Waals surface area contributed by atoms with Crippen LogP contribution in [0.4, 0.5) is 5.69 Å². The predicted octanol–water partition coefficient (Wildman–Crippen LogP) is 0.688. The number of nitrogen functional groups attached to an aromatic ring is 1. The Morgan fingerprint density at radius 3 is 2.73 bits per heavy atom. The minimum Gasteiger partial charge on any atom is -0.399 e. The van der Waals surface area contributed by atoms with Crippen LogP contribution in [-0.4, -0.2) is 30.4 Å². The maximum absolute atomic E-state index is 11.9. The lowest BCUT2D eigenvalue weighted by Gasteiger charge is -2.23. The van der Waals surface area contributed by atoms with Crippen LogP contribution in [0.25, 0.3) is 0 Å². The van der Waals surface area contributed by atoms with Gasteiger partial charge in [-0.3, -0.25) is 4.79 Å². The minimum absolute atomic E-state index is 0.0268. The zero-order chi connectivity index (χ0) is 11.4. The molecule has 0 bridgehead atoms. The predicted molar refractivity (Wildman–Crippen MR) is 61.5 cm³/mol. The number of carbonyl (C=O) groups excluding carboxylic acids is 1. The van der Waals surface area contributed by atoms with E-state index in [9.17, 15) is 4.79 Å². The second-order valence-corrected chi connectivity index (χ2v) is 3.63. The van der Waals surface area contributed by atoms with E-state index in [1.807, 2.05) is 6.92 Å². The Labute approximate surface area is 89.9 Å². The van der Waals surface area contributed by atoms with E-state index in [1.165, 1.54) is 0 Å². The molecule has 1 atom stereocenters. The first-order chi connectivity index (χ1) is 7.06. The molecular weight excluding hydrogens is 190 g/mol. The number of hydrogen-bond acceptors (Lipinski definition) is 3. The van der Waals surface area contributed by atoms with Gasteiger partial charge in [-0.15, -0.1) is 0 Å². The number of amides is 1. The van der Waals surface area contributed by atoms with Gasteiger partial charge in [-0.1, -0.05) is 6.07 Å². The quantitative estimate of drug-likeness (QED) is 0.716. The van der Waals surface area contributed by atoms with E-state index in [2.05, 4.69) is 0 Å². The van der Waals surface area contributed by atoms with Gasteiger partial charge in [0, 0.05) is 30.9 Å². The minimum atomic E-state index is -0.0553. The maximum Gasteiger partial charge on any atom is 0.253 e. The van der Waals surface area contributed by atoms with Gasteiger partial charge >= 0.3 is 0 Å². The van der Waals surface area contributed by atoms with Crippen molar-refractivity contribution in [2.24, 2.45) is 5.73 Å². The van der Waals surface area contributed by atoms with Gasteiger partial charge in [-0.25, -0.2) is 0 Å². The molecule has 0 saturated heterocycles. The van der Waals surface area contributed by atoms with E-state index >= 15 is 0 Å². The van der Waals surface area contributed by atoms with Crippen molar-refractivity contribution in [3.8, 4) is 0 Å². The fourth-order valence-electron chi connectivity index (χ4n) is 1.23. The molecule has 0 saturated carbocycles. The fraction of sp³-hybridized carbons (Fsp3) is 0.364. The van der Waals surface area contributed by atoms with Crippen molar-refractivity contribution in [1.82, 2.24) is 4.90 Å². The summed E-state index contributed by atoms with van der Waals surface area (Å²) in [6.07, 6.45) is 0. The monoisotopic (exact) mass is 207 g/mol. The van der Waals surface area contributed by atoms with E-state index in [1.54, 1.807) is 36.2 Å². The SMILES string of the molecule is CC(CN)N(C)C(=O)c1cccc(N)c1. The second kappa shape index (κ2) is 4.79. The summed E-state index contributed by atoms with van der Waals surface area (Å²) in [6.45, 7) is 2.36. The van der Waals surface area contributed by atoms with Gasteiger partial charge < -0.3 is 16.4 Å². The first kappa shape index (κ1) is 11.5. The first-order valence-electron chi connectivity index (χ1n) is 4.89. The lowest BCUT2D eigenvalue weighted by molar-refractivity contribution is 0.0748. The van der Waals surface area contributed by atoms with E-state index < -0.39 is 0 Å². The highest BCUT2D eigenvalue weighted by molar-refractivity contribution is 5.95. The highest BCUT2D eigenvalue weighted by atomic mass is 16.2. The van der Waals surface area contributed by atoms with E-state index in [0.717, 1.165) is 0 Å². The van der Waals surface area contributed by atoms with Crippen LogP contribution in [0.3, 0.4) is 0 Å². The van der Waals surface area contributed by atoms with Crippen molar-refractivity contribution in [1.29, 1.82) is 0 Å². The van der Waals surface area contributed by atoms with Crippen LogP contribution in [0, 0.1) is 0 Å². The number of likely N-dealkylation sites (N-methyl/N-ethyl adjacent to an activating group) is 1. The molecule has 1 aromatic carbocycles. The van der Waals surface area contributed by atoms with Gasteiger partial charge in [0.15, 0.2) is 0 Å². The summed E-state index contributed by atoms with van der Waals surface area (Å²) >= 11 is 0. The molecule has 1 amide bonds. The average Bonchev–Trinajstić information content (AvgIpc) is 2.26. The summed E-state index contributed by atoms with van der Waals surface area (Å²) in [5, 5.41) is 0. The lowest BCUT2D eigenvalue weighted by atomic mass is 10.1. The largest absolute Gasteiger partial charge is 0.399 e. The molecule has 0 heterocycles. The molecule has 4 heteroatoms. The highest BCUT2D eigenvalue weighted by Gasteiger charge is 2.15. The lowest BCUT2D eigenvalue weighted by Crippen LogP contribution is -2.39. The van der Waals surface area contributed by atoms with Crippen molar-refractivity contribution in [2.45, 2.75) is 13.0 Å². The van der Waals surface area contributed by atoms with Crippen LogP contribution >= 0.6 is 0 Å². The third-order valence-electron chi connectivity index (χ3n) is 2.46. The number of carbonyl (C=O) groups is 1. The van der Waals surface area contributed by atoms with Crippen LogP contribution in [0.5, 0.6) is 0 Å². The molecule has 1 rings (SSSR count). The number of rotatable bonds is 3. The Hall–Kier alpha value is -1.55. The third-order valence-corrected chi connectivity index (χ3v) is 2.46. The van der Waals surface area contributed by atoms with Crippen molar-refractivity contribution >= 4 is 11.6 Å². The molecular formula is C11H17N3O. The van der Waals surface area contributed by atoms with Crippen molar-refractivity contribution in [3.05, 3.63) is 29.8 Å². The van der Waals surface area contributed by atoms with Crippen LogP contribution in [-0.2, 0) is 0 Å². The van der Waals surface area contributed by atoms with Crippen molar-refractivity contribution in [2.75, 3.05) is 19.3 Å². The van der Waals surface area contributed by atoms with Crippen molar-refractivity contribution in [3.63, 3.8) is 0 Å². The summed E-state index contributed by atoms with van der Waals surface area (Å²) < 4.78 is 0. The van der Waals surface area contributed by atoms with Gasteiger partial charge in [-0.05, 0) is 25.1 Å². The Balaban J connectivity index is 2.85. The van der Waals surface area contributed by atoms with E-state index in [0.29, 0.717) is 17.8 Å². The molecule has 82 valence electrons. The normalized spacial score (nSPS) is 12.2. The van der Waals surface area contributed by atoms with Gasteiger partial charge in [0.05, 0.1) is 0 Å². The second-order valence-electron chi connectivity index (χ2n) is 3.63. The Kier molecular flexibility index (Phi) is 3.68. The van der Waals surface area contributed by atoms with E-state index in [4.69, 9.17) is 11.5 Å². The van der Waals surface area contributed by atoms with Crippen LogP contribution < -0.4 is 11.5 Å². The van der Waals surface area contributed by atoms with Crippen LogP contribution in [0.1, 0.15) is 17.3 Å². The van der Waals surface area contributed by atoms with Crippen LogP contribution in [0.2, 0.25) is 0 Å². The summed E-state index contributed by atoms with van der Waals surface area (Å²) in [5.74, 6) is -0.0553. The number of hydrogen-bond donors (Lipinski definition) is 2. The first-order valence-corrected chi connectivity index (χ1v) is 4.89. The molecule has 1 aromatic rings. The molecule has 1 unspecified atom stereocenters. The molecule has 0 radical (unpaired) electrons. The molecule has 4 N–H and O–H groups in total. The maximum atomic E-state index is 11.9. The molecule has 0 fully saturated rings. The summed E-state index contributed by atoms with van der Waals surface area (Å²) in [6, 6.07) is 6.96. The Morgan fingerprint density at radius 1 is 1.53 bits per heavy atom. The molecule has 15 heavy (non-hydrogen) atoms. The molecule has 4 nitrogen and oxygen atoms in total. The summed E-state index contributed by atoms with van der Waals surface area (Å²) in [4.78, 5) is 13.5. The topological polar surface area (TPSA) is 72.3 Å². The number of nitrogens with two attached hydrogens (primary N) is 2. The number of nitrogens with zero attached hydrogens (tertiary/aromatic N) is 1. The van der Waals surface area contributed by atoms with Gasteiger partial charge in [-0.2, -0.15) is 0 Å². The number of anilines is 1. The van der Waals surface area contributed by atoms with E-state index in [-0.39, 0.29) is 11.9 Å². The number of benzene rings is 1. The average molecular weight is 207 g/mol. The highest BCUT2D eigenvalue weighted by Crippen LogP contribution is 2.10. The molecule has 0 aliphatic rings. The smallest absolute Gasteiger partial charge is 0.253 e. The fourth-order valence-corrected chi connectivity index (χ4v) is 1.23. The molecule has 0 spiro atoms. The zero-order valence-corrected chi connectivity index (χ0v) is 9.10. The van der Waals surface area contributed by atoms with Crippen molar-refractivity contribution < 1.29 is 4.79 Å². The summed E-state index contributed by atoms with van der Waals surface area (Å²) in [7, 11) is 1.74. The molecule has 0 aliphatic carbocycles. The zero-order valence-electron chi connectivity index (χ0n) is 9.10. The van der Waals surface area contributed by atoms with Crippen LogP contribution in [0.15, 0.2) is 24.3 Å². The Bertz CT molecular complexity index is 351.